The largest absolute Gasteiger partial charge is 0.495 e. The van der Waals surface area contributed by atoms with Crippen molar-refractivity contribution in [2.45, 2.75) is 37.5 Å². The van der Waals surface area contributed by atoms with Crippen LogP contribution in [0.2, 0.25) is 5.02 Å². The summed E-state index contributed by atoms with van der Waals surface area (Å²) in [6, 6.07) is 9.86. The standard InChI is InChI=1S/C24H28ClN3O5S/c1-16(29)28-12-4-5-17-13-20(8-9-22(17)28)34(31,32)27-11-3-6-18(15-27)24(30)26-21-14-19(25)7-10-23(21)33-2/h7-10,13-14,18H,3-6,11-12,15H2,1-2H3,(H,26,30)/t18-/m1/s1. The predicted octanol–water partition coefficient (Wildman–Crippen LogP) is 3.69. The van der Waals surface area contributed by atoms with Crippen molar-refractivity contribution in [2.75, 3.05) is 37.0 Å². The normalized spacial score (nSPS) is 18.8. The Morgan fingerprint density at radius 3 is 2.65 bits per heavy atom. The van der Waals surface area contributed by atoms with Gasteiger partial charge in [0.05, 0.1) is 23.6 Å². The van der Waals surface area contributed by atoms with Gasteiger partial charge in [-0.25, -0.2) is 8.42 Å². The zero-order chi connectivity index (χ0) is 24.5. The molecular weight excluding hydrogens is 478 g/mol. The second kappa shape index (κ2) is 9.93. The van der Waals surface area contributed by atoms with Gasteiger partial charge in [-0.2, -0.15) is 4.31 Å². The van der Waals surface area contributed by atoms with Gasteiger partial charge in [-0.15, -0.1) is 0 Å². The quantitative estimate of drug-likeness (QED) is 0.668. The molecule has 2 aliphatic rings. The molecule has 34 heavy (non-hydrogen) atoms. The Hall–Kier alpha value is -2.62. The lowest BCUT2D eigenvalue weighted by molar-refractivity contribution is -0.121. The fourth-order valence-corrected chi connectivity index (χ4v) is 6.34. The molecule has 1 atom stereocenters. The number of amides is 2. The molecule has 2 amide bonds. The van der Waals surface area contributed by atoms with Crippen LogP contribution in [0.3, 0.4) is 0 Å². The number of aryl methyl sites for hydroxylation is 1. The van der Waals surface area contributed by atoms with E-state index >= 15 is 0 Å². The number of hydrogen-bond acceptors (Lipinski definition) is 5. The molecule has 1 N–H and O–H groups in total. The monoisotopic (exact) mass is 505 g/mol. The van der Waals surface area contributed by atoms with E-state index in [9.17, 15) is 18.0 Å². The number of sulfonamides is 1. The first-order chi connectivity index (χ1) is 16.2. The number of methoxy groups -OCH3 is 1. The first-order valence-electron chi connectivity index (χ1n) is 11.3. The highest BCUT2D eigenvalue weighted by Gasteiger charge is 2.34. The number of ether oxygens (including phenoxy) is 1. The molecule has 2 aromatic carbocycles. The smallest absolute Gasteiger partial charge is 0.243 e. The summed E-state index contributed by atoms with van der Waals surface area (Å²) in [5, 5.41) is 3.29. The Balaban J connectivity index is 1.52. The van der Waals surface area contributed by atoms with Crippen molar-refractivity contribution >= 4 is 44.8 Å². The van der Waals surface area contributed by atoms with Gasteiger partial charge in [-0.05, 0) is 67.6 Å². The SMILES string of the molecule is COc1ccc(Cl)cc1NC(=O)[C@@H]1CCCN(S(=O)(=O)c2ccc3c(c2)CCCN3C(C)=O)C1. The maximum Gasteiger partial charge on any atom is 0.243 e. The average molecular weight is 506 g/mol. The maximum absolute atomic E-state index is 13.4. The Labute approximate surface area is 204 Å². The van der Waals surface area contributed by atoms with Crippen molar-refractivity contribution in [3.8, 4) is 5.75 Å². The third kappa shape index (κ3) is 4.92. The summed E-state index contributed by atoms with van der Waals surface area (Å²) in [5.41, 5.74) is 2.07. The van der Waals surface area contributed by atoms with Crippen LogP contribution in [-0.2, 0) is 26.0 Å². The Kier molecular flexibility index (Phi) is 7.16. The van der Waals surface area contributed by atoms with Crippen LogP contribution in [0, 0.1) is 5.92 Å². The lowest BCUT2D eigenvalue weighted by Gasteiger charge is -2.32. The molecule has 0 unspecified atom stereocenters. The molecule has 8 nitrogen and oxygen atoms in total. The minimum absolute atomic E-state index is 0.0576. The molecule has 0 aromatic heterocycles. The molecular formula is C24H28ClN3O5S. The number of fused-ring (bicyclic) bond motifs is 1. The minimum atomic E-state index is -3.79. The lowest BCUT2D eigenvalue weighted by atomic mass is 9.98. The van der Waals surface area contributed by atoms with Crippen LogP contribution in [0.25, 0.3) is 0 Å². The van der Waals surface area contributed by atoms with Crippen LogP contribution in [-0.4, -0.2) is 51.3 Å². The number of benzene rings is 2. The summed E-state index contributed by atoms with van der Waals surface area (Å²) in [6.45, 7) is 2.59. The van der Waals surface area contributed by atoms with Gasteiger partial charge in [0.2, 0.25) is 21.8 Å². The van der Waals surface area contributed by atoms with Gasteiger partial charge in [-0.1, -0.05) is 11.6 Å². The fourth-order valence-electron chi connectivity index (χ4n) is 4.60. The zero-order valence-corrected chi connectivity index (χ0v) is 20.8. The Bertz CT molecular complexity index is 1220. The van der Waals surface area contributed by atoms with Crippen LogP contribution < -0.4 is 15.0 Å². The molecule has 2 aromatic rings. The van der Waals surface area contributed by atoms with Crippen LogP contribution in [0.5, 0.6) is 5.75 Å². The van der Waals surface area contributed by atoms with Crippen LogP contribution in [0.4, 0.5) is 11.4 Å². The molecule has 0 aliphatic carbocycles. The molecule has 0 radical (unpaired) electrons. The molecule has 0 saturated carbocycles. The molecule has 1 fully saturated rings. The molecule has 0 bridgehead atoms. The molecule has 2 heterocycles. The van der Waals surface area contributed by atoms with Gasteiger partial charge in [0.25, 0.3) is 0 Å². The third-order valence-electron chi connectivity index (χ3n) is 6.36. The number of piperidine rings is 1. The third-order valence-corrected chi connectivity index (χ3v) is 8.46. The van der Waals surface area contributed by atoms with E-state index < -0.39 is 15.9 Å². The summed E-state index contributed by atoms with van der Waals surface area (Å²) in [6.07, 6.45) is 2.66. The summed E-state index contributed by atoms with van der Waals surface area (Å²) in [5.74, 6) is -0.356. The summed E-state index contributed by atoms with van der Waals surface area (Å²) in [7, 11) is -2.29. The van der Waals surface area contributed by atoms with Crippen molar-refractivity contribution in [2.24, 2.45) is 5.92 Å². The second-order valence-corrected chi connectivity index (χ2v) is 11.0. The summed E-state index contributed by atoms with van der Waals surface area (Å²) in [4.78, 5) is 26.8. The molecule has 1 saturated heterocycles. The lowest BCUT2D eigenvalue weighted by Crippen LogP contribution is -2.43. The fraction of sp³-hybridized carbons (Fsp3) is 0.417. The van der Waals surface area contributed by atoms with E-state index in [2.05, 4.69) is 5.32 Å². The van der Waals surface area contributed by atoms with Gasteiger partial charge in [0, 0.05) is 37.3 Å². The Morgan fingerprint density at radius 2 is 1.91 bits per heavy atom. The number of nitrogens with one attached hydrogen (secondary N) is 1. The van der Waals surface area contributed by atoms with Crippen LogP contribution in [0.1, 0.15) is 31.7 Å². The number of nitrogens with zero attached hydrogens (tertiary/aromatic N) is 2. The van der Waals surface area contributed by atoms with Crippen molar-refractivity contribution < 1.29 is 22.7 Å². The number of rotatable bonds is 5. The van der Waals surface area contributed by atoms with Crippen molar-refractivity contribution in [3.05, 3.63) is 47.0 Å². The van der Waals surface area contributed by atoms with Crippen LogP contribution >= 0.6 is 11.6 Å². The van der Waals surface area contributed by atoms with Crippen molar-refractivity contribution in [3.63, 3.8) is 0 Å². The molecule has 182 valence electrons. The van der Waals surface area contributed by atoms with E-state index in [-0.39, 0.29) is 23.3 Å². The number of halogens is 1. The van der Waals surface area contributed by atoms with Gasteiger partial charge in [0.1, 0.15) is 5.75 Å². The van der Waals surface area contributed by atoms with E-state index in [1.807, 2.05) is 0 Å². The van der Waals surface area contributed by atoms with Crippen molar-refractivity contribution in [1.29, 1.82) is 0 Å². The first-order valence-corrected chi connectivity index (χ1v) is 13.1. The van der Waals surface area contributed by atoms with E-state index in [4.69, 9.17) is 16.3 Å². The number of anilines is 2. The molecule has 10 heteroatoms. The highest BCUT2D eigenvalue weighted by atomic mass is 35.5. The summed E-state index contributed by atoms with van der Waals surface area (Å²) >= 11 is 6.05. The second-order valence-electron chi connectivity index (χ2n) is 8.60. The topological polar surface area (TPSA) is 96.0 Å². The van der Waals surface area contributed by atoms with Gasteiger partial charge in [0.15, 0.2) is 0 Å². The van der Waals surface area contributed by atoms with E-state index in [0.29, 0.717) is 42.4 Å². The predicted molar refractivity (Wildman–Crippen MR) is 131 cm³/mol. The number of carbonyl (C=O) groups excluding carboxylic acids is 2. The van der Waals surface area contributed by atoms with Crippen LogP contribution in [0.15, 0.2) is 41.3 Å². The van der Waals surface area contributed by atoms with E-state index in [1.54, 1.807) is 41.3 Å². The van der Waals surface area contributed by atoms with Gasteiger partial charge < -0.3 is 15.0 Å². The molecule has 2 aliphatic heterocycles. The van der Waals surface area contributed by atoms with Crippen molar-refractivity contribution in [1.82, 2.24) is 4.31 Å². The Morgan fingerprint density at radius 1 is 1.12 bits per heavy atom. The highest BCUT2D eigenvalue weighted by molar-refractivity contribution is 7.89. The zero-order valence-electron chi connectivity index (χ0n) is 19.2. The van der Waals surface area contributed by atoms with Gasteiger partial charge >= 0.3 is 0 Å². The maximum atomic E-state index is 13.4. The van der Waals surface area contributed by atoms with Gasteiger partial charge in [-0.3, -0.25) is 9.59 Å². The molecule has 4 rings (SSSR count). The first kappa shape index (κ1) is 24.5. The summed E-state index contributed by atoms with van der Waals surface area (Å²) < 4.78 is 33.5. The van der Waals surface area contributed by atoms with E-state index in [1.165, 1.54) is 18.3 Å². The minimum Gasteiger partial charge on any atom is -0.495 e. The highest BCUT2D eigenvalue weighted by Crippen LogP contribution is 2.33. The average Bonchev–Trinajstić information content (AvgIpc) is 2.83. The molecule has 0 spiro atoms. The number of hydrogen-bond donors (Lipinski definition) is 1. The van der Waals surface area contributed by atoms with E-state index in [0.717, 1.165) is 24.1 Å². The number of carbonyl (C=O) groups is 2.